The van der Waals surface area contributed by atoms with E-state index in [1.165, 1.54) is 43.8 Å². The molecule has 0 aliphatic rings. The molecule has 4 rings (SSSR count). The van der Waals surface area contributed by atoms with Crippen molar-refractivity contribution in [2.45, 2.75) is 19.9 Å². The number of aromatic nitrogens is 2. The zero-order valence-corrected chi connectivity index (χ0v) is 21.3. The van der Waals surface area contributed by atoms with Crippen molar-refractivity contribution in [2.75, 3.05) is 17.7 Å². The molecule has 200 valence electrons. The minimum absolute atomic E-state index is 0.0506. The van der Waals surface area contributed by atoms with Gasteiger partial charge in [-0.1, -0.05) is 18.2 Å². The summed E-state index contributed by atoms with van der Waals surface area (Å²) in [4.78, 5) is 32.8. The average Bonchev–Trinajstić information content (AvgIpc) is 2.90. The molecule has 11 heteroatoms. The summed E-state index contributed by atoms with van der Waals surface area (Å²) in [5.41, 5.74) is 1.70. The lowest BCUT2D eigenvalue weighted by molar-refractivity contribution is -0.111. The Morgan fingerprint density at radius 3 is 2.44 bits per heavy atom. The molecule has 1 heterocycles. The number of allylic oxidation sites excluding steroid dienone is 1. The summed E-state index contributed by atoms with van der Waals surface area (Å²) >= 11 is 0. The Labute approximate surface area is 222 Å². The van der Waals surface area contributed by atoms with Crippen LogP contribution in [-0.4, -0.2) is 29.0 Å². The first kappa shape index (κ1) is 27.0. The SMILES string of the molecule is C/C=C/C(=O)Nc1cc2c(Oc3ccc(NC(=O)NC(C)c4ccc(F)cc4)cc3F)ncnc2cc1OC. The van der Waals surface area contributed by atoms with Crippen molar-refractivity contribution in [1.29, 1.82) is 0 Å². The fourth-order valence-corrected chi connectivity index (χ4v) is 3.70. The van der Waals surface area contributed by atoms with Crippen LogP contribution in [0, 0.1) is 11.6 Å². The van der Waals surface area contributed by atoms with Crippen LogP contribution in [0.3, 0.4) is 0 Å². The van der Waals surface area contributed by atoms with Crippen molar-refractivity contribution in [3.05, 3.63) is 90.3 Å². The highest BCUT2D eigenvalue weighted by molar-refractivity contribution is 6.02. The molecule has 0 radical (unpaired) electrons. The Kier molecular flexibility index (Phi) is 8.30. The Hall–Kier alpha value is -5.06. The van der Waals surface area contributed by atoms with E-state index in [0.29, 0.717) is 27.9 Å². The van der Waals surface area contributed by atoms with Gasteiger partial charge in [0.15, 0.2) is 11.6 Å². The van der Waals surface area contributed by atoms with E-state index in [4.69, 9.17) is 9.47 Å². The van der Waals surface area contributed by atoms with Gasteiger partial charge in [-0.25, -0.2) is 23.5 Å². The monoisotopic (exact) mass is 533 g/mol. The highest BCUT2D eigenvalue weighted by Gasteiger charge is 2.16. The van der Waals surface area contributed by atoms with E-state index in [-0.39, 0.29) is 29.0 Å². The molecule has 1 atom stereocenters. The molecule has 0 spiro atoms. The molecule has 0 saturated heterocycles. The van der Waals surface area contributed by atoms with Gasteiger partial charge in [-0.05, 0) is 55.8 Å². The number of benzene rings is 3. The second kappa shape index (κ2) is 12.0. The van der Waals surface area contributed by atoms with Crippen LogP contribution in [0.1, 0.15) is 25.5 Å². The minimum atomic E-state index is -0.749. The highest BCUT2D eigenvalue weighted by atomic mass is 19.1. The quantitative estimate of drug-likeness (QED) is 0.236. The third kappa shape index (κ3) is 6.63. The standard InChI is InChI=1S/C28H25F2N5O4/c1-4-5-26(36)35-23-13-20-22(14-25(23)38-3)31-15-32-27(20)39-24-11-10-19(12-21(24)30)34-28(37)33-16(2)17-6-8-18(29)9-7-17/h4-16H,1-3H3,(H,35,36)(H2,33,34,37)/b5-4+. The van der Waals surface area contributed by atoms with Crippen LogP contribution >= 0.6 is 0 Å². The summed E-state index contributed by atoms with van der Waals surface area (Å²) in [6.45, 7) is 3.45. The summed E-state index contributed by atoms with van der Waals surface area (Å²) in [6.07, 6.45) is 4.21. The van der Waals surface area contributed by atoms with Crippen LogP contribution in [0.25, 0.3) is 10.9 Å². The van der Waals surface area contributed by atoms with Crippen molar-refractivity contribution in [1.82, 2.24) is 15.3 Å². The van der Waals surface area contributed by atoms with Crippen LogP contribution in [0.2, 0.25) is 0 Å². The van der Waals surface area contributed by atoms with Crippen molar-refractivity contribution in [3.8, 4) is 17.4 Å². The van der Waals surface area contributed by atoms with Gasteiger partial charge >= 0.3 is 6.03 Å². The van der Waals surface area contributed by atoms with Crippen LogP contribution in [0.5, 0.6) is 17.4 Å². The summed E-state index contributed by atoms with van der Waals surface area (Å²) in [6, 6.07) is 11.9. The van der Waals surface area contributed by atoms with Gasteiger partial charge in [-0.2, -0.15) is 0 Å². The second-order valence-electron chi connectivity index (χ2n) is 8.36. The predicted octanol–water partition coefficient (Wildman–Crippen LogP) is 6.11. The Morgan fingerprint density at radius 2 is 1.74 bits per heavy atom. The molecule has 1 unspecified atom stereocenters. The molecular formula is C28H25F2N5O4. The largest absolute Gasteiger partial charge is 0.494 e. The number of methoxy groups -OCH3 is 1. The van der Waals surface area contributed by atoms with Gasteiger partial charge in [0.1, 0.15) is 17.9 Å². The van der Waals surface area contributed by atoms with Crippen molar-refractivity contribution >= 4 is 34.2 Å². The van der Waals surface area contributed by atoms with E-state index in [9.17, 15) is 18.4 Å². The molecule has 1 aromatic heterocycles. The number of ether oxygens (including phenoxy) is 2. The molecule has 4 aromatic rings. The van der Waals surface area contributed by atoms with Gasteiger partial charge in [-0.15, -0.1) is 0 Å². The zero-order valence-electron chi connectivity index (χ0n) is 21.3. The number of nitrogens with one attached hydrogen (secondary N) is 3. The number of nitrogens with zero attached hydrogens (tertiary/aromatic N) is 2. The van der Waals surface area contributed by atoms with Gasteiger partial charge in [0.25, 0.3) is 0 Å². The summed E-state index contributed by atoms with van der Waals surface area (Å²) in [7, 11) is 1.46. The topological polar surface area (TPSA) is 114 Å². The number of fused-ring (bicyclic) bond motifs is 1. The van der Waals surface area contributed by atoms with Gasteiger partial charge in [0.05, 0.1) is 29.7 Å². The van der Waals surface area contributed by atoms with Crippen LogP contribution in [0.15, 0.2) is 73.1 Å². The molecule has 3 aromatic carbocycles. The normalized spacial score (nSPS) is 11.7. The van der Waals surface area contributed by atoms with Crippen LogP contribution in [0.4, 0.5) is 25.0 Å². The maximum atomic E-state index is 14.9. The van der Waals surface area contributed by atoms with Gasteiger partial charge < -0.3 is 25.4 Å². The van der Waals surface area contributed by atoms with Gasteiger partial charge in [-0.3, -0.25) is 4.79 Å². The molecule has 0 aliphatic heterocycles. The van der Waals surface area contributed by atoms with E-state index in [0.717, 1.165) is 6.07 Å². The second-order valence-corrected chi connectivity index (χ2v) is 8.36. The molecule has 0 fully saturated rings. The van der Waals surface area contributed by atoms with Crippen molar-refractivity contribution in [2.24, 2.45) is 0 Å². The number of carbonyl (C=O) groups is 2. The fourth-order valence-electron chi connectivity index (χ4n) is 3.70. The maximum Gasteiger partial charge on any atom is 0.319 e. The molecule has 39 heavy (non-hydrogen) atoms. The summed E-state index contributed by atoms with van der Waals surface area (Å²) in [5.74, 6) is -1.20. The van der Waals surface area contributed by atoms with Gasteiger partial charge in [0, 0.05) is 17.8 Å². The predicted molar refractivity (Wildman–Crippen MR) is 143 cm³/mol. The number of carbonyl (C=O) groups excluding carboxylic acids is 2. The van der Waals surface area contributed by atoms with E-state index < -0.39 is 17.9 Å². The van der Waals surface area contributed by atoms with Crippen LogP contribution in [-0.2, 0) is 4.79 Å². The molecule has 3 N–H and O–H groups in total. The lowest BCUT2D eigenvalue weighted by atomic mass is 10.1. The Balaban J connectivity index is 1.51. The zero-order chi connectivity index (χ0) is 27.9. The summed E-state index contributed by atoms with van der Waals surface area (Å²) < 4.78 is 39.2. The Bertz CT molecular complexity index is 1540. The van der Waals surface area contributed by atoms with Crippen molar-refractivity contribution in [3.63, 3.8) is 0 Å². The molecule has 0 bridgehead atoms. The molecule has 0 aliphatic carbocycles. The van der Waals surface area contributed by atoms with Crippen LogP contribution < -0.4 is 25.4 Å². The van der Waals surface area contributed by atoms with E-state index in [1.807, 2.05) is 0 Å². The van der Waals surface area contributed by atoms with E-state index >= 15 is 0 Å². The number of anilines is 2. The Morgan fingerprint density at radius 1 is 0.974 bits per heavy atom. The number of rotatable bonds is 8. The average molecular weight is 534 g/mol. The summed E-state index contributed by atoms with van der Waals surface area (Å²) in [5, 5.41) is 8.38. The number of urea groups is 1. The third-order valence-corrected chi connectivity index (χ3v) is 5.61. The molecular weight excluding hydrogens is 508 g/mol. The molecule has 3 amide bonds. The lowest BCUT2D eigenvalue weighted by Crippen LogP contribution is -2.31. The first-order valence-electron chi connectivity index (χ1n) is 11.8. The number of hydrogen-bond acceptors (Lipinski definition) is 6. The van der Waals surface area contributed by atoms with Gasteiger partial charge in [0.2, 0.25) is 11.8 Å². The number of halogens is 2. The van der Waals surface area contributed by atoms with E-state index in [2.05, 4.69) is 25.9 Å². The van der Waals surface area contributed by atoms with Crippen molar-refractivity contribution < 1.29 is 27.8 Å². The smallest absolute Gasteiger partial charge is 0.319 e. The third-order valence-electron chi connectivity index (χ3n) is 5.61. The molecule has 9 nitrogen and oxygen atoms in total. The van der Waals surface area contributed by atoms with E-state index in [1.54, 1.807) is 44.2 Å². The number of amides is 3. The molecule has 0 saturated carbocycles. The first-order valence-corrected chi connectivity index (χ1v) is 11.8. The minimum Gasteiger partial charge on any atom is -0.494 e. The number of hydrogen-bond donors (Lipinski definition) is 3. The lowest BCUT2D eigenvalue weighted by Gasteiger charge is -2.16. The maximum absolute atomic E-state index is 14.9. The first-order chi connectivity index (χ1) is 18.8. The highest BCUT2D eigenvalue weighted by Crippen LogP contribution is 2.35. The fraction of sp³-hybridized carbons (Fsp3) is 0.143.